The van der Waals surface area contributed by atoms with E-state index in [1.54, 1.807) is 16.2 Å². The maximum absolute atomic E-state index is 13.6. The maximum atomic E-state index is 13.6. The molecule has 1 aromatic heterocycles. The Morgan fingerprint density at radius 1 is 1.09 bits per heavy atom. The topological polar surface area (TPSA) is 29.5 Å². The fourth-order valence-corrected chi connectivity index (χ4v) is 6.39. The van der Waals surface area contributed by atoms with Crippen molar-refractivity contribution >= 4 is 23.1 Å². The Balaban J connectivity index is 0.00000274. The smallest absolute Gasteiger partial charge is 0.415 e. The molecule has 4 nitrogen and oxygen atoms in total. The number of hydrogen-bond donors (Lipinski definition) is 0. The van der Waals surface area contributed by atoms with E-state index < -0.39 is 0 Å². The first-order chi connectivity index (χ1) is 16.0. The Morgan fingerprint density at radius 3 is 2.53 bits per heavy atom. The van der Waals surface area contributed by atoms with Crippen molar-refractivity contribution in [2.45, 2.75) is 45.4 Å². The average molecular weight is 542 g/mol. The first kappa shape index (κ1) is 25.0. The Kier molecular flexibility index (Phi) is 7.80. The number of aryl methyl sites for hydroxylation is 1. The Bertz CT molecular complexity index is 1080. The van der Waals surface area contributed by atoms with Gasteiger partial charge >= 0.3 is 6.09 Å². The van der Waals surface area contributed by atoms with Gasteiger partial charge in [0.15, 0.2) is 6.10 Å². The summed E-state index contributed by atoms with van der Waals surface area (Å²) in [5.74, 6) is 0.470. The summed E-state index contributed by atoms with van der Waals surface area (Å²) < 4.78 is 7.34. The van der Waals surface area contributed by atoms with Crippen molar-refractivity contribution in [3.63, 3.8) is 0 Å². The molecule has 180 valence electrons. The van der Waals surface area contributed by atoms with Gasteiger partial charge in [0.1, 0.15) is 12.6 Å². The van der Waals surface area contributed by atoms with Crippen LogP contribution >= 0.6 is 11.3 Å². The van der Waals surface area contributed by atoms with Gasteiger partial charge in [-0.3, -0.25) is 4.90 Å². The number of halogens is 1. The number of quaternary nitrogens is 1. The number of carbonyl (C=O) groups is 1. The summed E-state index contributed by atoms with van der Waals surface area (Å²) in [6, 6.07) is 23.5. The van der Waals surface area contributed by atoms with E-state index in [0.717, 1.165) is 40.0 Å². The van der Waals surface area contributed by atoms with Crippen molar-refractivity contribution in [1.29, 1.82) is 0 Å². The highest BCUT2D eigenvalue weighted by molar-refractivity contribution is 7.09. The number of ether oxygens (including phenoxy) is 1. The van der Waals surface area contributed by atoms with E-state index in [1.165, 1.54) is 18.7 Å². The van der Waals surface area contributed by atoms with Crippen LogP contribution in [0.15, 0.2) is 72.1 Å². The van der Waals surface area contributed by atoms with Crippen molar-refractivity contribution in [3.8, 4) is 0 Å². The van der Waals surface area contributed by atoms with Crippen LogP contribution < -0.4 is 21.9 Å². The molecule has 34 heavy (non-hydrogen) atoms. The molecule has 0 saturated carbocycles. The number of piperidine rings is 3. The molecule has 0 N–H and O–H groups in total. The van der Waals surface area contributed by atoms with Crippen molar-refractivity contribution < 1.29 is 31.0 Å². The van der Waals surface area contributed by atoms with Gasteiger partial charge in [-0.2, -0.15) is 0 Å². The van der Waals surface area contributed by atoms with Crippen LogP contribution in [0.2, 0.25) is 0 Å². The lowest BCUT2D eigenvalue weighted by Crippen LogP contribution is -3.00. The number of anilines is 1. The Morgan fingerprint density at radius 2 is 1.85 bits per heavy atom. The first-order valence-corrected chi connectivity index (χ1v) is 12.9. The standard InChI is InChI=1S/C28H33N2O2S.BrH/c1-21-8-6-11-25(18-21)29(19-26-12-7-17-33-26)28(31)32-27-20-30(15-13-24(27)14-16-30)22(2)23-9-4-3-5-10-23;/h3-12,17-18,22,24,27H,13-16,19-20H2,1-2H3;1H/q+1;/p-1/t22?,24?,27-,30?;/m0./s1. The van der Waals surface area contributed by atoms with Gasteiger partial charge in [0.05, 0.1) is 19.6 Å². The quantitative estimate of drug-likeness (QED) is 0.447. The maximum Gasteiger partial charge on any atom is 0.415 e. The number of hydrogen-bond acceptors (Lipinski definition) is 3. The van der Waals surface area contributed by atoms with E-state index in [9.17, 15) is 4.79 Å². The second kappa shape index (κ2) is 10.6. The third-order valence-electron chi connectivity index (χ3n) is 7.74. The number of nitrogens with zero attached hydrogens (tertiary/aromatic N) is 2. The van der Waals surface area contributed by atoms with Crippen LogP contribution in [0.4, 0.5) is 10.5 Å². The summed E-state index contributed by atoms with van der Waals surface area (Å²) in [4.78, 5) is 16.5. The number of benzene rings is 2. The van der Waals surface area contributed by atoms with E-state index >= 15 is 0 Å². The van der Waals surface area contributed by atoms with Gasteiger partial charge in [-0.25, -0.2) is 4.79 Å². The van der Waals surface area contributed by atoms with Crippen LogP contribution in [0.5, 0.6) is 0 Å². The number of thiophene rings is 1. The molecule has 6 rings (SSSR count). The Hall–Kier alpha value is -2.15. The molecule has 3 aromatic rings. The zero-order chi connectivity index (χ0) is 22.8. The van der Waals surface area contributed by atoms with E-state index in [2.05, 4.69) is 67.8 Å². The molecular formula is C28H33BrN2O2S. The fourth-order valence-electron chi connectivity index (χ4n) is 5.70. The van der Waals surface area contributed by atoms with Crippen molar-refractivity contribution in [1.82, 2.24) is 0 Å². The van der Waals surface area contributed by atoms with Crippen LogP contribution in [0, 0.1) is 12.8 Å². The molecule has 3 aliphatic heterocycles. The normalized spacial score (nSPS) is 24.2. The van der Waals surface area contributed by atoms with E-state index in [0.29, 0.717) is 18.5 Å². The van der Waals surface area contributed by atoms with Crippen LogP contribution in [0.25, 0.3) is 0 Å². The second-order valence-electron chi connectivity index (χ2n) is 9.70. The molecule has 3 aliphatic rings. The van der Waals surface area contributed by atoms with Gasteiger partial charge in [-0.1, -0.05) is 48.5 Å². The largest absolute Gasteiger partial charge is 1.00 e. The molecule has 1 unspecified atom stereocenters. The molecule has 0 spiro atoms. The summed E-state index contributed by atoms with van der Waals surface area (Å²) in [6.45, 7) is 8.20. The SMILES string of the molecule is Cc1cccc(N(Cc2cccs2)C(=O)O[C@H]2C[N+]3(C(C)c4ccccc4)CCC2CC3)c1.[Br-]. The predicted octanol–water partition coefficient (Wildman–Crippen LogP) is 3.57. The van der Waals surface area contributed by atoms with Crippen LogP contribution in [0.1, 0.15) is 41.8 Å². The zero-order valence-corrected chi connectivity index (χ0v) is 22.3. The lowest BCUT2D eigenvalue weighted by Gasteiger charge is -2.55. The number of amides is 1. The first-order valence-electron chi connectivity index (χ1n) is 12.0. The molecule has 2 aromatic carbocycles. The van der Waals surface area contributed by atoms with E-state index in [1.807, 2.05) is 18.2 Å². The molecule has 1 amide bonds. The summed E-state index contributed by atoms with van der Waals surface area (Å²) in [5.41, 5.74) is 3.42. The third kappa shape index (κ3) is 5.09. The summed E-state index contributed by atoms with van der Waals surface area (Å²) >= 11 is 1.67. The molecule has 3 saturated heterocycles. The van der Waals surface area contributed by atoms with Crippen LogP contribution in [0.3, 0.4) is 0 Å². The van der Waals surface area contributed by atoms with Crippen molar-refractivity contribution in [2.24, 2.45) is 5.92 Å². The highest BCUT2D eigenvalue weighted by atomic mass is 79.9. The van der Waals surface area contributed by atoms with E-state index in [4.69, 9.17) is 4.74 Å². The predicted molar refractivity (Wildman–Crippen MR) is 134 cm³/mol. The van der Waals surface area contributed by atoms with Gasteiger partial charge in [0, 0.05) is 34.9 Å². The molecule has 0 radical (unpaired) electrons. The van der Waals surface area contributed by atoms with Crippen molar-refractivity contribution in [2.75, 3.05) is 24.5 Å². The number of fused-ring (bicyclic) bond motifs is 3. The molecule has 2 atom stereocenters. The minimum absolute atomic E-state index is 0. The van der Waals surface area contributed by atoms with Gasteiger partial charge < -0.3 is 26.2 Å². The summed E-state index contributed by atoms with van der Waals surface area (Å²) in [5, 5.41) is 2.06. The molecule has 3 fully saturated rings. The monoisotopic (exact) mass is 540 g/mol. The van der Waals surface area contributed by atoms with E-state index in [-0.39, 0.29) is 29.2 Å². The molecular weight excluding hydrogens is 508 g/mol. The molecule has 4 heterocycles. The fraction of sp³-hybridized carbons (Fsp3) is 0.393. The highest BCUT2D eigenvalue weighted by Crippen LogP contribution is 2.42. The molecule has 0 aliphatic carbocycles. The lowest BCUT2D eigenvalue weighted by atomic mass is 9.81. The van der Waals surface area contributed by atoms with Gasteiger partial charge in [0.25, 0.3) is 0 Å². The van der Waals surface area contributed by atoms with Crippen LogP contribution in [-0.4, -0.2) is 36.3 Å². The second-order valence-corrected chi connectivity index (χ2v) is 10.7. The summed E-state index contributed by atoms with van der Waals surface area (Å²) in [6.07, 6.45) is 2.01. The third-order valence-corrected chi connectivity index (χ3v) is 8.60. The minimum Gasteiger partial charge on any atom is -1.00 e. The average Bonchev–Trinajstić information content (AvgIpc) is 3.37. The zero-order valence-electron chi connectivity index (χ0n) is 19.9. The summed E-state index contributed by atoms with van der Waals surface area (Å²) in [7, 11) is 0. The van der Waals surface area contributed by atoms with Crippen molar-refractivity contribution in [3.05, 3.63) is 88.1 Å². The van der Waals surface area contributed by atoms with Gasteiger partial charge in [-0.15, -0.1) is 11.3 Å². The van der Waals surface area contributed by atoms with Gasteiger partial charge in [0.2, 0.25) is 0 Å². The molecule has 6 heteroatoms. The highest BCUT2D eigenvalue weighted by Gasteiger charge is 2.50. The Labute approximate surface area is 217 Å². The minimum atomic E-state index is -0.224. The van der Waals surface area contributed by atoms with Gasteiger partial charge in [-0.05, 0) is 43.0 Å². The van der Waals surface area contributed by atoms with Crippen LogP contribution in [-0.2, 0) is 11.3 Å². The number of rotatable bonds is 6. The lowest BCUT2D eigenvalue weighted by molar-refractivity contribution is -0.972. The molecule has 2 bridgehead atoms. The number of carbonyl (C=O) groups excluding carboxylic acids is 1.